The van der Waals surface area contributed by atoms with Gasteiger partial charge in [-0.25, -0.2) is 0 Å². The van der Waals surface area contributed by atoms with Crippen LogP contribution in [0.3, 0.4) is 0 Å². The molecule has 1 aliphatic heterocycles. The van der Waals surface area contributed by atoms with Crippen molar-refractivity contribution in [2.24, 2.45) is 0 Å². The fraction of sp³-hybridized carbons (Fsp3) is 0.923. The number of carbonyl (C=O) groups is 1. The van der Waals surface area contributed by atoms with Crippen LogP contribution in [-0.4, -0.2) is 62.8 Å². The lowest BCUT2D eigenvalue weighted by atomic mass is 10.3. The predicted octanol–water partition coefficient (Wildman–Crippen LogP) is 0.635. The van der Waals surface area contributed by atoms with E-state index in [1.54, 1.807) is 0 Å². The van der Waals surface area contributed by atoms with Gasteiger partial charge >= 0.3 is 0 Å². The highest BCUT2D eigenvalue weighted by molar-refractivity contribution is 5.85. The second-order valence-electron chi connectivity index (χ2n) is 4.96. The van der Waals surface area contributed by atoms with E-state index in [0.717, 1.165) is 45.7 Å². The maximum absolute atomic E-state index is 11.5. The van der Waals surface area contributed by atoms with Crippen molar-refractivity contribution in [3.05, 3.63) is 0 Å². The molecule has 1 amide bonds. The molecule has 0 aliphatic carbocycles. The van der Waals surface area contributed by atoms with Gasteiger partial charge in [0.1, 0.15) is 0 Å². The van der Waals surface area contributed by atoms with Crippen molar-refractivity contribution in [3.8, 4) is 0 Å². The lowest BCUT2D eigenvalue weighted by Gasteiger charge is -2.27. The number of ether oxygens (including phenoxy) is 1. The second kappa shape index (κ2) is 11.5. The van der Waals surface area contributed by atoms with E-state index in [9.17, 15) is 4.79 Å². The molecule has 5 nitrogen and oxygen atoms in total. The van der Waals surface area contributed by atoms with Gasteiger partial charge in [0.05, 0.1) is 12.7 Å². The molecule has 0 atom stereocenters. The van der Waals surface area contributed by atoms with E-state index in [-0.39, 0.29) is 24.4 Å². The van der Waals surface area contributed by atoms with Gasteiger partial charge in [0.15, 0.2) is 0 Å². The first kappa shape index (κ1) is 18.6. The first-order chi connectivity index (χ1) is 8.68. The maximum Gasteiger partial charge on any atom is 0.222 e. The number of rotatable bonds is 8. The van der Waals surface area contributed by atoms with Gasteiger partial charge in [-0.3, -0.25) is 4.79 Å². The van der Waals surface area contributed by atoms with Crippen molar-refractivity contribution in [3.63, 3.8) is 0 Å². The van der Waals surface area contributed by atoms with Crippen LogP contribution in [0.2, 0.25) is 0 Å². The molecule has 0 saturated carbocycles. The highest BCUT2D eigenvalue weighted by Gasteiger charge is 2.08. The number of hydrogen-bond acceptors (Lipinski definition) is 4. The molecule has 0 unspecified atom stereocenters. The molecule has 1 fully saturated rings. The molecule has 0 aromatic carbocycles. The van der Waals surface area contributed by atoms with E-state index >= 15 is 0 Å². The first-order valence-corrected chi connectivity index (χ1v) is 7.00. The second-order valence-corrected chi connectivity index (χ2v) is 4.96. The van der Waals surface area contributed by atoms with Gasteiger partial charge in [-0.05, 0) is 26.8 Å². The van der Waals surface area contributed by atoms with Gasteiger partial charge in [-0.2, -0.15) is 0 Å². The number of hydrogen-bond donors (Lipinski definition) is 2. The van der Waals surface area contributed by atoms with Crippen LogP contribution in [0.25, 0.3) is 0 Å². The molecule has 1 aliphatic rings. The summed E-state index contributed by atoms with van der Waals surface area (Å²) in [7, 11) is 0. The Morgan fingerprint density at radius 1 is 1.37 bits per heavy atom. The number of nitrogens with one attached hydrogen (secondary N) is 2. The van der Waals surface area contributed by atoms with Crippen LogP contribution in [0.4, 0.5) is 0 Å². The Hall–Kier alpha value is -0.360. The number of halogens is 1. The molecule has 1 saturated heterocycles. The maximum atomic E-state index is 11.5. The van der Waals surface area contributed by atoms with Gasteiger partial charge < -0.3 is 20.3 Å². The number of piperazine rings is 1. The Morgan fingerprint density at radius 2 is 2.05 bits per heavy atom. The van der Waals surface area contributed by atoms with E-state index < -0.39 is 0 Å². The van der Waals surface area contributed by atoms with E-state index in [1.165, 1.54) is 0 Å². The third kappa shape index (κ3) is 10.1. The summed E-state index contributed by atoms with van der Waals surface area (Å²) in [5, 5.41) is 6.27. The third-order valence-corrected chi connectivity index (χ3v) is 2.96. The van der Waals surface area contributed by atoms with Crippen molar-refractivity contribution in [2.75, 3.05) is 45.9 Å². The number of carbonyl (C=O) groups excluding carboxylic acids is 1. The minimum atomic E-state index is 0. The summed E-state index contributed by atoms with van der Waals surface area (Å²) in [6, 6.07) is 0. The van der Waals surface area contributed by atoms with E-state index in [1.807, 2.05) is 13.8 Å². The molecular weight excluding hydrogens is 266 g/mol. The van der Waals surface area contributed by atoms with Crippen molar-refractivity contribution in [1.82, 2.24) is 15.5 Å². The molecule has 1 heterocycles. The molecule has 0 bridgehead atoms. The molecule has 1 rings (SSSR count). The SMILES string of the molecule is CC(C)OCCC(=O)NCCCN1CCNCC1.Cl. The van der Waals surface area contributed by atoms with E-state index in [0.29, 0.717) is 13.0 Å². The fourth-order valence-corrected chi connectivity index (χ4v) is 1.94. The lowest BCUT2D eigenvalue weighted by Crippen LogP contribution is -2.44. The largest absolute Gasteiger partial charge is 0.378 e. The summed E-state index contributed by atoms with van der Waals surface area (Å²) in [5.41, 5.74) is 0. The van der Waals surface area contributed by atoms with E-state index in [4.69, 9.17) is 4.74 Å². The highest BCUT2D eigenvalue weighted by atomic mass is 35.5. The van der Waals surface area contributed by atoms with Gasteiger partial charge in [0.2, 0.25) is 5.91 Å². The molecule has 19 heavy (non-hydrogen) atoms. The molecule has 6 heteroatoms. The Balaban J connectivity index is 0.00000324. The van der Waals surface area contributed by atoms with Crippen molar-refractivity contribution < 1.29 is 9.53 Å². The van der Waals surface area contributed by atoms with Crippen LogP contribution in [0.5, 0.6) is 0 Å². The zero-order chi connectivity index (χ0) is 13.2. The van der Waals surface area contributed by atoms with Crippen molar-refractivity contribution in [1.29, 1.82) is 0 Å². The topological polar surface area (TPSA) is 53.6 Å². The Kier molecular flexibility index (Phi) is 11.2. The van der Waals surface area contributed by atoms with Crippen LogP contribution < -0.4 is 10.6 Å². The zero-order valence-electron chi connectivity index (χ0n) is 12.1. The van der Waals surface area contributed by atoms with E-state index in [2.05, 4.69) is 15.5 Å². The van der Waals surface area contributed by atoms with Gasteiger partial charge in [-0.1, -0.05) is 0 Å². The first-order valence-electron chi connectivity index (χ1n) is 7.00. The molecule has 0 spiro atoms. The Bertz CT molecular complexity index is 234. The summed E-state index contributed by atoms with van der Waals surface area (Å²) in [6.45, 7) is 10.7. The molecule has 114 valence electrons. The molecule has 0 aromatic rings. The molecule has 2 N–H and O–H groups in total. The highest BCUT2D eigenvalue weighted by Crippen LogP contribution is 1.94. The lowest BCUT2D eigenvalue weighted by molar-refractivity contribution is -0.122. The summed E-state index contributed by atoms with van der Waals surface area (Å²) in [6.07, 6.45) is 1.69. The Morgan fingerprint density at radius 3 is 2.68 bits per heavy atom. The van der Waals surface area contributed by atoms with Gasteiger partial charge in [0, 0.05) is 39.1 Å². The molecule has 0 radical (unpaired) electrons. The van der Waals surface area contributed by atoms with Crippen LogP contribution in [-0.2, 0) is 9.53 Å². The van der Waals surface area contributed by atoms with Crippen LogP contribution >= 0.6 is 12.4 Å². The standard InChI is InChI=1S/C13H27N3O2.ClH/c1-12(2)18-11-4-13(17)15-5-3-8-16-9-6-14-7-10-16;/h12,14H,3-11H2,1-2H3,(H,15,17);1H. The number of nitrogens with zero attached hydrogens (tertiary/aromatic N) is 1. The van der Waals surface area contributed by atoms with Crippen LogP contribution in [0.15, 0.2) is 0 Å². The minimum Gasteiger partial charge on any atom is -0.378 e. The Labute approximate surface area is 122 Å². The normalized spacial score (nSPS) is 16.2. The van der Waals surface area contributed by atoms with Crippen molar-refractivity contribution >= 4 is 18.3 Å². The fourth-order valence-electron chi connectivity index (χ4n) is 1.94. The smallest absolute Gasteiger partial charge is 0.222 e. The summed E-state index contributed by atoms with van der Waals surface area (Å²) in [5.74, 6) is 0.0935. The summed E-state index contributed by atoms with van der Waals surface area (Å²) < 4.78 is 5.34. The average molecular weight is 294 g/mol. The minimum absolute atomic E-state index is 0. The average Bonchev–Trinajstić information content (AvgIpc) is 2.35. The molecule has 0 aromatic heterocycles. The molecular formula is C13H28ClN3O2. The van der Waals surface area contributed by atoms with Crippen molar-refractivity contribution in [2.45, 2.75) is 32.8 Å². The van der Waals surface area contributed by atoms with Gasteiger partial charge in [-0.15, -0.1) is 12.4 Å². The van der Waals surface area contributed by atoms with Gasteiger partial charge in [0.25, 0.3) is 0 Å². The monoisotopic (exact) mass is 293 g/mol. The number of amides is 1. The van der Waals surface area contributed by atoms with Crippen LogP contribution in [0, 0.1) is 0 Å². The zero-order valence-corrected chi connectivity index (χ0v) is 12.9. The third-order valence-electron chi connectivity index (χ3n) is 2.96. The predicted molar refractivity (Wildman–Crippen MR) is 79.9 cm³/mol. The summed E-state index contributed by atoms with van der Waals surface area (Å²) in [4.78, 5) is 13.9. The summed E-state index contributed by atoms with van der Waals surface area (Å²) >= 11 is 0. The quantitative estimate of drug-likeness (QED) is 0.645. The van der Waals surface area contributed by atoms with Crippen LogP contribution in [0.1, 0.15) is 26.7 Å².